The summed E-state index contributed by atoms with van der Waals surface area (Å²) in [4.78, 5) is 2.14. The van der Waals surface area contributed by atoms with Gasteiger partial charge in [-0.15, -0.1) is 0 Å². The fourth-order valence-electron chi connectivity index (χ4n) is 2.76. The van der Waals surface area contributed by atoms with Crippen LogP contribution in [-0.2, 0) is 0 Å². The van der Waals surface area contributed by atoms with E-state index in [0.29, 0.717) is 0 Å². The first-order chi connectivity index (χ1) is 9.61. The third kappa shape index (κ3) is 3.70. The van der Waals surface area contributed by atoms with Crippen molar-refractivity contribution < 1.29 is 9.50 Å². The van der Waals surface area contributed by atoms with Crippen LogP contribution < -0.4 is 10.2 Å². The van der Waals surface area contributed by atoms with Crippen molar-refractivity contribution >= 4 is 5.69 Å². The molecule has 2 atom stereocenters. The summed E-state index contributed by atoms with van der Waals surface area (Å²) in [6.45, 7) is 5.88. The average Bonchev–Trinajstić information content (AvgIpc) is 2.47. The number of piperidine rings is 1. The Morgan fingerprint density at radius 2 is 1.95 bits per heavy atom. The van der Waals surface area contributed by atoms with Gasteiger partial charge in [-0.2, -0.15) is 0 Å². The number of nitrogens with one attached hydrogen (secondary N) is 1. The molecule has 20 heavy (non-hydrogen) atoms. The van der Waals surface area contributed by atoms with Crippen LogP contribution >= 0.6 is 0 Å². The Morgan fingerprint density at radius 3 is 2.55 bits per heavy atom. The molecule has 1 aromatic carbocycles. The number of aliphatic hydroxyl groups is 1. The quantitative estimate of drug-likeness (QED) is 0.870. The van der Waals surface area contributed by atoms with Crippen molar-refractivity contribution in [2.75, 3.05) is 24.6 Å². The number of benzene rings is 1. The maximum Gasteiger partial charge on any atom is 0.146 e. The Hall–Kier alpha value is -1.13. The molecule has 1 aromatic rings. The van der Waals surface area contributed by atoms with E-state index in [-0.39, 0.29) is 24.5 Å². The lowest BCUT2D eigenvalue weighted by atomic mass is 10.0. The lowest BCUT2D eigenvalue weighted by Crippen LogP contribution is -2.32. The van der Waals surface area contributed by atoms with Gasteiger partial charge in [0.1, 0.15) is 5.82 Å². The first-order valence-electron chi connectivity index (χ1n) is 7.53. The van der Waals surface area contributed by atoms with E-state index < -0.39 is 0 Å². The minimum absolute atomic E-state index is 0.00910. The zero-order chi connectivity index (χ0) is 14.5. The maximum atomic E-state index is 14.3. The standard InChI is InChI=1S/C16H25FN2O/c1-12(11-20)18-13(2)14-6-7-16(15(17)10-14)19-8-4-3-5-9-19/h6-7,10,12-13,18,20H,3-5,8-9,11H2,1-2H3/t12-,13?/m1/s1. The molecule has 0 saturated carbocycles. The van der Waals surface area contributed by atoms with E-state index in [1.807, 2.05) is 26.0 Å². The van der Waals surface area contributed by atoms with Crippen LogP contribution in [0.2, 0.25) is 0 Å². The molecule has 1 aliphatic heterocycles. The summed E-state index contributed by atoms with van der Waals surface area (Å²) in [5, 5.41) is 12.3. The second-order valence-electron chi connectivity index (χ2n) is 5.73. The Balaban J connectivity index is 2.08. The lowest BCUT2D eigenvalue weighted by molar-refractivity contribution is 0.243. The van der Waals surface area contributed by atoms with Gasteiger partial charge in [0.25, 0.3) is 0 Å². The highest BCUT2D eigenvalue weighted by molar-refractivity contribution is 5.49. The minimum atomic E-state index is -0.144. The van der Waals surface area contributed by atoms with Gasteiger partial charge in [-0.25, -0.2) is 4.39 Å². The molecule has 0 aromatic heterocycles. The molecule has 1 aliphatic rings. The molecule has 1 heterocycles. The van der Waals surface area contributed by atoms with E-state index in [2.05, 4.69) is 10.2 Å². The number of hydrogen-bond acceptors (Lipinski definition) is 3. The Morgan fingerprint density at radius 1 is 1.25 bits per heavy atom. The molecule has 2 N–H and O–H groups in total. The second kappa shape index (κ2) is 7.04. The highest BCUT2D eigenvalue weighted by Gasteiger charge is 2.16. The normalized spacial score (nSPS) is 18.9. The fraction of sp³-hybridized carbons (Fsp3) is 0.625. The van der Waals surface area contributed by atoms with Gasteiger partial charge < -0.3 is 15.3 Å². The summed E-state index contributed by atoms with van der Waals surface area (Å²) < 4.78 is 14.3. The van der Waals surface area contributed by atoms with E-state index in [9.17, 15) is 4.39 Å². The van der Waals surface area contributed by atoms with Crippen LogP contribution in [0, 0.1) is 5.82 Å². The van der Waals surface area contributed by atoms with Gasteiger partial charge in [0.05, 0.1) is 12.3 Å². The van der Waals surface area contributed by atoms with Crippen molar-refractivity contribution in [1.82, 2.24) is 5.32 Å². The first kappa shape index (κ1) is 15.3. The van der Waals surface area contributed by atoms with Crippen molar-refractivity contribution in [3.05, 3.63) is 29.6 Å². The largest absolute Gasteiger partial charge is 0.395 e. The molecule has 4 heteroatoms. The topological polar surface area (TPSA) is 35.5 Å². The highest BCUT2D eigenvalue weighted by Crippen LogP contribution is 2.26. The van der Waals surface area contributed by atoms with E-state index in [0.717, 1.165) is 37.2 Å². The number of nitrogens with zero attached hydrogens (tertiary/aromatic N) is 1. The maximum absolute atomic E-state index is 14.3. The molecule has 1 unspecified atom stereocenters. The Kier molecular flexibility index (Phi) is 5.38. The number of anilines is 1. The lowest BCUT2D eigenvalue weighted by Gasteiger charge is -2.29. The molecule has 0 aliphatic carbocycles. The predicted molar refractivity (Wildman–Crippen MR) is 80.6 cm³/mol. The van der Waals surface area contributed by atoms with Gasteiger partial charge in [0.2, 0.25) is 0 Å². The Bertz CT molecular complexity index is 432. The summed E-state index contributed by atoms with van der Waals surface area (Å²) in [6, 6.07) is 5.52. The van der Waals surface area contributed by atoms with Crippen molar-refractivity contribution in [1.29, 1.82) is 0 Å². The molecule has 0 amide bonds. The van der Waals surface area contributed by atoms with Crippen LogP contribution in [0.1, 0.15) is 44.7 Å². The summed E-state index contributed by atoms with van der Waals surface area (Å²) in [5.74, 6) is -0.144. The van der Waals surface area contributed by atoms with Gasteiger partial charge in [0, 0.05) is 25.2 Å². The van der Waals surface area contributed by atoms with Crippen LogP contribution in [0.4, 0.5) is 10.1 Å². The van der Waals surface area contributed by atoms with Crippen molar-refractivity contribution in [3.8, 4) is 0 Å². The van der Waals surface area contributed by atoms with E-state index in [1.165, 1.54) is 6.42 Å². The van der Waals surface area contributed by atoms with Crippen LogP contribution in [-0.4, -0.2) is 30.8 Å². The zero-order valence-corrected chi connectivity index (χ0v) is 12.4. The van der Waals surface area contributed by atoms with Crippen molar-refractivity contribution in [2.24, 2.45) is 0 Å². The molecule has 0 spiro atoms. The zero-order valence-electron chi connectivity index (χ0n) is 12.4. The van der Waals surface area contributed by atoms with Crippen molar-refractivity contribution in [2.45, 2.75) is 45.2 Å². The number of aliphatic hydroxyl groups excluding tert-OH is 1. The van der Waals surface area contributed by atoms with Gasteiger partial charge in [-0.1, -0.05) is 6.07 Å². The third-order valence-corrected chi connectivity index (χ3v) is 3.98. The smallest absolute Gasteiger partial charge is 0.146 e. The molecule has 0 bridgehead atoms. The third-order valence-electron chi connectivity index (χ3n) is 3.98. The summed E-state index contributed by atoms with van der Waals surface area (Å²) >= 11 is 0. The highest BCUT2D eigenvalue weighted by atomic mass is 19.1. The predicted octanol–water partition coefficient (Wildman–Crippen LogP) is 2.85. The van der Waals surface area contributed by atoms with Crippen LogP contribution in [0.15, 0.2) is 18.2 Å². The molecule has 1 fully saturated rings. The molecular weight excluding hydrogens is 255 g/mol. The summed E-state index contributed by atoms with van der Waals surface area (Å²) in [7, 11) is 0. The molecule has 112 valence electrons. The van der Waals surface area contributed by atoms with Gasteiger partial charge in [-0.05, 0) is 50.8 Å². The SMILES string of the molecule is CC(N[C@H](C)CO)c1ccc(N2CCCCC2)c(F)c1. The number of halogens is 1. The van der Waals surface area contributed by atoms with Crippen molar-refractivity contribution in [3.63, 3.8) is 0 Å². The fourth-order valence-corrected chi connectivity index (χ4v) is 2.76. The van der Waals surface area contributed by atoms with Crippen LogP contribution in [0.5, 0.6) is 0 Å². The molecule has 0 radical (unpaired) electrons. The van der Waals surface area contributed by atoms with E-state index >= 15 is 0 Å². The van der Waals surface area contributed by atoms with Crippen LogP contribution in [0.25, 0.3) is 0 Å². The monoisotopic (exact) mass is 280 g/mol. The molecule has 2 rings (SSSR count). The average molecular weight is 280 g/mol. The van der Waals surface area contributed by atoms with E-state index in [4.69, 9.17) is 5.11 Å². The minimum Gasteiger partial charge on any atom is -0.395 e. The molecule has 1 saturated heterocycles. The first-order valence-corrected chi connectivity index (χ1v) is 7.53. The molecular formula is C16H25FN2O. The van der Waals surface area contributed by atoms with Gasteiger partial charge in [-0.3, -0.25) is 0 Å². The molecule has 3 nitrogen and oxygen atoms in total. The van der Waals surface area contributed by atoms with Gasteiger partial charge in [0.15, 0.2) is 0 Å². The number of hydrogen-bond donors (Lipinski definition) is 2. The number of rotatable bonds is 5. The van der Waals surface area contributed by atoms with Gasteiger partial charge >= 0.3 is 0 Å². The summed E-state index contributed by atoms with van der Waals surface area (Å²) in [5.41, 5.74) is 1.64. The summed E-state index contributed by atoms with van der Waals surface area (Å²) in [6.07, 6.45) is 3.54. The Labute approximate surface area is 120 Å². The van der Waals surface area contributed by atoms with Crippen LogP contribution in [0.3, 0.4) is 0 Å². The second-order valence-corrected chi connectivity index (χ2v) is 5.73. The van der Waals surface area contributed by atoms with E-state index in [1.54, 1.807) is 6.07 Å².